The Morgan fingerprint density at radius 1 is 1.42 bits per heavy atom. The summed E-state index contributed by atoms with van der Waals surface area (Å²) in [6.07, 6.45) is 4.92. The predicted molar refractivity (Wildman–Crippen MR) is 79.5 cm³/mol. The van der Waals surface area contributed by atoms with Gasteiger partial charge in [0.05, 0.1) is 12.7 Å². The standard InChI is InChI=1S/C15H32N2O2/c1-4-16-15(3,13-18)8-5-6-9-17-10-7-11-19-14(2)12-17/h14,16,18H,4-13H2,1-3H3. The lowest BCUT2D eigenvalue weighted by Crippen LogP contribution is -2.45. The topological polar surface area (TPSA) is 44.7 Å². The maximum absolute atomic E-state index is 9.45. The summed E-state index contributed by atoms with van der Waals surface area (Å²) in [4.78, 5) is 2.52. The van der Waals surface area contributed by atoms with E-state index >= 15 is 0 Å². The van der Waals surface area contributed by atoms with E-state index in [1.807, 2.05) is 0 Å². The highest BCUT2D eigenvalue weighted by Gasteiger charge is 2.21. The SMILES string of the molecule is CCNC(C)(CO)CCCCN1CCCOC(C)C1. The summed E-state index contributed by atoms with van der Waals surface area (Å²) in [5, 5.41) is 12.8. The van der Waals surface area contributed by atoms with Crippen LogP contribution in [0.25, 0.3) is 0 Å². The van der Waals surface area contributed by atoms with Gasteiger partial charge in [-0.2, -0.15) is 0 Å². The molecule has 4 heteroatoms. The first-order chi connectivity index (χ1) is 9.09. The van der Waals surface area contributed by atoms with Crippen LogP contribution in [-0.2, 0) is 4.74 Å². The molecule has 1 aliphatic rings. The van der Waals surface area contributed by atoms with Gasteiger partial charge >= 0.3 is 0 Å². The Bertz CT molecular complexity index is 238. The molecule has 1 rings (SSSR count). The molecule has 2 atom stereocenters. The second kappa shape index (κ2) is 8.90. The van der Waals surface area contributed by atoms with Gasteiger partial charge in [-0.15, -0.1) is 0 Å². The van der Waals surface area contributed by atoms with Gasteiger partial charge in [0.25, 0.3) is 0 Å². The van der Waals surface area contributed by atoms with Crippen molar-refractivity contribution >= 4 is 0 Å². The van der Waals surface area contributed by atoms with Gasteiger partial charge in [-0.05, 0) is 46.2 Å². The summed E-state index contributed by atoms with van der Waals surface area (Å²) in [7, 11) is 0. The van der Waals surface area contributed by atoms with E-state index in [1.54, 1.807) is 0 Å². The molecule has 0 aliphatic carbocycles. The lowest BCUT2D eigenvalue weighted by molar-refractivity contribution is 0.0673. The lowest BCUT2D eigenvalue weighted by atomic mass is 9.95. The van der Waals surface area contributed by atoms with Gasteiger partial charge in [0, 0.05) is 25.2 Å². The fourth-order valence-corrected chi connectivity index (χ4v) is 2.78. The molecule has 19 heavy (non-hydrogen) atoms. The molecule has 1 aliphatic heterocycles. The van der Waals surface area contributed by atoms with Crippen LogP contribution in [0.15, 0.2) is 0 Å². The maximum atomic E-state index is 9.45. The number of rotatable bonds is 8. The average Bonchev–Trinajstić information content (AvgIpc) is 2.59. The van der Waals surface area contributed by atoms with Crippen LogP contribution in [-0.4, -0.2) is 61.0 Å². The average molecular weight is 272 g/mol. The Morgan fingerprint density at radius 2 is 2.21 bits per heavy atom. The van der Waals surface area contributed by atoms with Gasteiger partial charge in [-0.25, -0.2) is 0 Å². The van der Waals surface area contributed by atoms with Crippen LogP contribution in [0.5, 0.6) is 0 Å². The highest BCUT2D eigenvalue weighted by atomic mass is 16.5. The molecule has 114 valence electrons. The third kappa shape index (κ3) is 6.70. The number of aliphatic hydroxyl groups excluding tert-OH is 1. The molecule has 0 bridgehead atoms. The molecule has 0 aromatic heterocycles. The highest BCUT2D eigenvalue weighted by Crippen LogP contribution is 2.14. The molecular weight excluding hydrogens is 240 g/mol. The van der Waals surface area contributed by atoms with Crippen LogP contribution in [0.1, 0.15) is 46.5 Å². The number of ether oxygens (including phenoxy) is 1. The van der Waals surface area contributed by atoms with Crippen molar-refractivity contribution in [2.75, 3.05) is 39.4 Å². The van der Waals surface area contributed by atoms with Crippen molar-refractivity contribution in [2.45, 2.75) is 58.1 Å². The summed E-state index contributed by atoms with van der Waals surface area (Å²) in [6.45, 7) is 11.8. The third-order valence-corrected chi connectivity index (χ3v) is 3.94. The van der Waals surface area contributed by atoms with Crippen molar-refractivity contribution in [3.63, 3.8) is 0 Å². The van der Waals surface area contributed by atoms with E-state index in [4.69, 9.17) is 4.74 Å². The van der Waals surface area contributed by atoms with Gasteiger partial charge < -0.3 is 20.1 Å². The van der Waals surface area contributed by atoms with Crippen LogP contribution < -0.4 is 5.32 Å². The molecule has 0 aromatic carbocycles. The zero-order valence-electron chi connectivity index (χ0n) is 13.0. The maximum Gasteiger partial charge on any atom is 0.0673 e. The van der Waals surface area contributed by atoms with Crippen molar-refractivity contribution in [1.29, 1.82) is 0 Å². The summed E-state index contributed by atoms with van der Waals surface area (Å²) in [5.41, 5.74) is -0.107. The molecule has 0 saturated carbocycles. The molecule has 1 heterocycles. The Labute approximate surface area is 118 Å². The molecule has 0 spiro atoms. The van der Waals surface area contributed by atoms with E-state index in [2.05, 4.69) is 31.0 Å². The lowest BCUT2D eigenvalue weighted by Gasteiger charge is -2.29. The number of hydrogen-bond acceptors (Lipinski definition) is 4. The number of likely N-dealkylation sites (N-methyl/N-ethyl adjacent to an activating group) is 1. The minimum Gasteiger partial charge on any atom is -0.394 e. The fourth-order valence-electron chi connectivity index (χ4n) is 2.78. The molecule has 2 N–H and O–H groups in total. The number of nitrogens with one attached hydrogen (secondary N) is 1. The molecule has 0 amide bonds. The third-order valence-electron chi connectivity index (χ3n) is 3.94. The molecular formula is C15H32N2O2. The van der Waals surface area contributed by atoms with Gasteiger partial charge in [0.2, 0.25) is 0 Å². The number of hydrogen-bond donors (Lipinski definition) is 2. The van der Waals surface area contributed by atoms with E-state index in [-0.39, 0.29) is 12.1 Å². The van der Waals surface area contributed by atoms with Gasteiger partial charge in [0.15, 0.2) is 0 Å². The van der Waals surface area contributed by atoms with Crippen LogP contribution >= 0.6 is 0 Å². The van der Waals surface area contributed by atoms with Crippen molar-refractivity contribution < 1.29 is 9.84 Å². The molecule has 1 fully saturated rings. The van der Waals surface area contributed by atoms with E-state index in [0.717, 1.165) is 52.0 Å². The monoisotopic (exact) mass is 272 g/mol. The second-order valence-corrected chi connectivity index (χ2v) is 6.04. The van der Waals surface area contributed by atoms with Crippen molar-refractivity contribution in [3.8, 4) is 0 Å². The zero-order valence-corrected chi connectivity index (χ0v) is 13.0. The van der Waals surface area contributed by atoms with Crippen molar-refractivity contribution in [3.05, 3.63) is 0 Å². The minimum atomic E-state index is -0.107. The van der Waals surface area contributed by atoms with E-state index in [1.165, 1.54) is 6.42 Å². The molecule has 0 aromatic rings. The Hall–Kier alpha value is -0.160. The Balaban J connectivity index is 2.18. The van der Waals surface area contributed by atoms with Gasteiger partial charge in [0.1, 0.15) is 0 Å². The van der Waals surface area contributed by atoms with Crippen molar-refractivity contribution in [1.82, 2.24) is 10.2 Å². The quantitative estimate of drug-likeness (QED) is 0.659. The largest absolute Gasteiger partial charge is 0.394 e. The number of unbranched alkanes of at least 4 members (excludes halogenated alkanes) is 1. The number of nitrogens with zero attached hydrogens (tertiary/aromatic N) is 1. The van der Waals surface area contributed by atoms with E-state index in [9.17, 15) is 5.11 Å². The summed E-state index contributed by atoms with van der Waals surface area (Å²) in [5.74, 6) is 0. The van der Waals surface area contributed by atoms with Crippen LogP contribution in [0, 0.1) is 0 Å². The molecule has 2 unspecified atom stereocenters. The predicted octanol–water partition coefficient (Wildman–Crippen LogP) is 1.63. The minimum absolute atomic E-state index is 0.107. The van der Waals surface area contributed by atoms with Gasteiger partial charge in [-0.3, -0.25) is 0 Å². The smallest absolute Gasteiger partial charge is 0.0673 e. The Kier molecular flexibility index (Phi) is 7.91. The van der Waals surface area contributed by atoms with Crippen LogP contribution in [0.3, 0.4) is 0 Å². The van der Waals surface area contributed by atoms with E-state index in [0.29, 0.717) is 6.10 Å². The molecule has 1 saturated heterocycles. The normalized spacial score (nSPS) is 24.9. The van der Waals surface area contributed by atoms with Crippen LogP contribution in [0.4, 0.5) is 0 Å². The highest BCUT2D eigenvalue weighted by molar-refractivity contribution is 4.81. The first-order valence-corrected chi connectivity index (χ1v) is 7.79. The Morgan fingerprint density at radius 3 is 2.89 bits per heavy atom. The number of aliphatic hydroxyl groups is 1. The first kappa shape index (κ1) is 16.9. The summed E-state index contributed by atoms with van der Waals surface area (Å²) in [6, 6.07) is 0. The zero-order chi connectivity index (χ0) is 14.1. The summed E-state index contributed by atoms with van der Waals surface area (Å²) < 4.78 is 5.66. The van der Waals surface area contributed by atoms with Gasteiger partial charge in [-0.1, -0.05) is 13.3 Å². The van der Waals surface area contributed by atoms with Crippen molar-refractivity contribution in [2.24, 2.45) is 0 Å². The van der Waals surface area contributed by atoms with E-state index < -0.39 is 0 Å². The fraction of sp³-hybridized carbons (Fsp3) is 1.00. The molecule has 4 nitrogen and oxygen atoms in total. The van der Waals surface area contributed by atoms with Crippen LogP contribution in [0.2, 0.25) is 0 Å². The summed E-state index contributed by atoms with van der Waals surface area (Å²) >= 11 is 0. The second-order valence-electron chi connectivity index (χ2n) is 6.04. The first-order valence-electron chi connectivity index (χ1n) is 7.79. The molecule has 0 radical (unpaired) electrons.